The highest BCUT2D eigenvalue weighted by atomic mass is 19.3. The van der Waals surface area contributed by atoms with E-state index >= 15 is 0 Å². The van der Waals surface area contributed by atoms with Crippen LogP contribution in [-0.4, -0.2) is 10.2 Å². The first-order valence-electron chi connectivity index (χ1n) is 7.43. The average molecular weight is 345 g/mol. The maximum atomic E-state index is 14.4. The van der Waals surface area contributed by atoms with E-state index in [-0.39, 0.29) is 18.0 Å². The van der Waals surface area contributed by atoms with Gasteiger partial charge in [0.25, 0.3) is 5.89 Å². The molecule has 0 aliphatic rings. The number of rotatable bonds is 6. The number of anilines is 1. The lowest BCUT2D eigenvalue weighted by atomic mass is 10.1. The van der Waals surface area contributed by atoms with E-state index in [0.717, 1.165) is 5.69 Å². The summed E-state index contributed by atoms with van der Waals surface area (Å²) in [6.07, 6.45) is -1.26. The monoisotopic (exact) mass is 345 g/mol. The zero-order valence-corrected chi connectivity index (χ0v) is 13.1. The van der Waals surface area contributed by atoms with Crippen LogP contribution in [0.5, 0.6) is 0 Å². The second-order valence-electron chi connectivity index (χ2n) is 5.20. The molecule has 0 saturated carbocycles. The molecule has 1 heterocycles. The molecular formula is C18H14F3N3O. The Morgan fingerprint density at radius 3 is 2.48 bits per heavy atom. The molecule has 2 aromatic carbocycles. The highest BCUT2D eigenvalue weighted by Crippen LogP contribution is 2.26. The standard InChI is InChI=1S/C18H14F3N3O/c1-2-24(14-6-4-3-5-7-14)11-13-9-8-12(10-15(13)19)17-22-23-18(25-17)16(20)21/h2-10,16H,1,11H2. The van der Waals surface area contributed by atoms with Crippen molar-refractivity contribution < 1.29 is 17.6 Å². The molecule has 0 bridgehead atoms. The van der Waals surface area contributed by atoms with Crippen LogP contribution in [0, 0.1) is 5.82 Å². The van der Waals surface area contributed by atoms with Gasteiger partial charge >= 0.3 is 6.43 Å². The molecule has 7 heteroatoms. The number of alkyl halides is 2. The number of benzene rings is 2. The summed E-state index contributed by atoms with van der Waals surface area (Å²) < 4.78 is 44.2. The van der Waals surface area contributed by atoms with Crippen LogP contribution in [0.2, 0.25) is 0 Å². The molecule has 0 N–H and O–H groups in total. The molecule has 1 aromatic heterocycles. The quantitative estimate of drug-likeness (QED) is 0.633. The Labute approximate surface area is 142 Å². The van der Waals surface area contributed by atoms with E-state index in [1.807, 2.05) is 30.3 Å². The van der Waals surface area contributed by atoms with Crippen molar-refractivity contribution in [3.63, 3.8) is 0 Å². The Kier molecular flexibility index (Phi) is 4.83. The highest BCUT2D eigenvalue weighted by molar-refractivity contribution is 5.55. The summed E-state index contributed by atoms with van der Waals surface area (Å²) in [4.78, 5) is 1.79. The zero-order valence-electron chi connectivity index (χ0n) is 13.1. The fraction of sp³-hybridized carbons (Fsp3) is 0.111. The van der Waals surface area contributed by atoms with Crippen LogP contribution in [0.4, 0.5) is 18.9 Å². The van der Waals surface area contributed by atoms with E-state index in [2.05, 4.69) is 16.8 Å². The van der Waals surface area contributed by atoms with Gasteiger partial charge in [0.15, 0.2) is 0 Å². The van der Waals surface area contributed by atoms with Crippen molar-refractivity contribution in [2.75, 3.05) is 4.90 Å². The molecule has 0 radical (unpaired) electrons. The molecule has 3 rings (SSSR count). The number of para-hydroxylation sites is 1. The van der Waals surface area contributed by atoms with Crippen LogP contribution in [0.15, 0.2) is 65.7 Å². The lowest BCUT2D eigenvalue weighted by Gasteiger charge is -2.20. The highest BCUT2D eigenvalue weighted by Gasteiger charge is 2.18. The predicted molar refractivity (Wildman–Crippen MR) is 87.5 cm³/mol. The number of halogens is 3. The number of aromatic nitrogens is 2. The van der Waals surface area contributed by atoms with E-state index < -0.39 is 18.1 Å². The van der Waals surface area contributed by atoms with Gasteiger partial charge in [0.1, 0.15) is 5.82 Å². The molecule has 3 aromatic rings. The number of nitrogens with zero attached hydrogens (tertiary/aromatic N) is 3. The fourth-order valence-electron chi connectivity index (χ4n) is 2.31. The smallest absolute Gasteiger partial charge is 0.314 e. The van der Waals surface area contributed by atoms with Crippen molar-refractivity contribution in [3.05, 3.63) is 78.6 Å². The first-order valence-corrected chi connectivity index (χ1v) is 7.43. The third-order valence-electron chi connectivity index (χ3n) is 3.58. The molecule has 0 spiro atoms. The van der Waals surface area contributed by atoms with Gasteiger partial charge in [0.2, 0.25) is 5.89 Å². The van der Waals surface area contributed by atoms with Crippen molar-refractivity contribution in [3.8, 4) is 11.5 Å². The fourth-order valence-corrected chi connectivity index (χ4v) is 2.31. The molecule has 128 valence electrons. The second-order valence-corrected chi connectivity index (χ2v) is 5.20. The van der Waals surface area contributed by atoms with Crippen molar-refractivity contribution in [1.29, 1.82) is 0 Å². The molecular weight excluding hydrogens is 331 g/mol. The molecule has 4 nitrogen and oxygen atoms in total. The molecule has 0 aliphatic heterocycles. The summed E-state index contributed by atoms with van der Waals surface area (Å²) in [5.74, 6) is -1.44. The maximum absolute atomic E-state index is 14.4. The third kappa shape index (κ3) is 3.71. The summed E-state index contributed by atoms with van der Waals surface area (Å²) in [6.45, 7) is 4.02. The van der Waals surface area contributed by atoms with E-state index in [4.69, 9.17) is 4.42 Å². The lowest BCUT2D eigenvalue weighted by molar-refractivity contribution is 0.116. The van der Waals surface area contributed by atoms with Crippen molar-refractivity contribution >= 4 is 5.69 Å². The molecule has 25 heavy (non-hydrogen) atoms. The minimum atomic E-state index is -2.86. The molecule has 0 saturated heterocycles. The Hall–Kier alpha value is -3.09. The Morgan fingerprint density at radius 2 is 1.88 bits per heavy atom. The van der Waals surface area contributed by atoms with Crippen LogP contribution in [0.25, 0.3) is 11.5 Å². The largest absolute Gasteiger partial charge is 0.415 e. The van der Waals surface area contributed by atoms with Crippen LogP contribution in [0.3, 0.4) is 0 Å². The van der Waals surface area contributed by atoms with Crippen LogP contribution in [0.1, 0.15) is 17.9 Å². The first-order chi connectivity index (χ1) is 12.1. The Balaban J connectivity index is 1.83. The van der Waals surface area contributed by atoms with Gasteiger partial charge in [0, 0.05) is 16.8 Å². The average Bonchev–Trinajstić information content (AvgIpc) is 3.12. The van der Waals surface area contributed by atoms with Gasteiger partial charge < -0.3 is 9.32 Å². The molecule has 0 fully saturated rings. The van der Waals surface area contributed by atoms with Crippen molar-refractivity contribution in [1.82, 2.24) is 10.2 Å². The van der Waals surface area contributed by atoms with Gasteiger partial charge in [-0.3, -0.25) is 0 Å². The Bertz CT molecular complexity index is 865. The van der Waals surface area contributed by atoms with Gasteiger partial charge in [-0.15, -0.1) is 10.2 Å². The van der Waals surface area contributed by atoms with Gasteiger partial charge in [0.05, 0.1) is 6.54 Å². The molecule has 0 amide bonds. The van der Waals surface area contributed by atoms with Gasteiger partial charge in [-0.25, -0.2) is 4.39 Å². The van der Waals surface area contributed by atoms with Crippen LogP contribution >= 0.6 is 0 Å². The normalized spacial score (nSPS) is 10.9. The van der Waals surface area contributed by atoms with E-state index in [9.17, 15) is 13.2 Å². The summed E-state index contributed by atoms with van der Waals surface area (Å²) in [7, 11) is 0. The van der Waals surface area contributed by atoms with Crippen LogP contribution in [-0.2, 0) is 6.54 Å². The second kappa shape index (κ2) is 7.21. The molecule has 0 unspecified atom stereocenters. The minimum Gasteiger partial charge on any atom is -0.415 e. The number of hydrogen-bond donors (Lipinski definition) is 0. The molecule has 0 atom stereocenters. The van der Waals surface area contributed by atoms with Gasteiger partial charge in [-0.2, -0.15) is 8.78 Å². The predicted octanol–water partition coefficient (Wildman–Crippen LogP) is 4.96. The zero-order chi connectivity index (χ0) is 17.8. The van der Waals surface area contributed by atoms with E-state index in [0.29, 0.717) is 5.56 Å². The van der Waals surface area contributed by atoms with Crippen molar-refractivity contribution in [2.45, 2.75) is 13.0 Å². The summed E-state index contributed by atoms with van der Waals surface area (Å²) in [5.41, 5.74) is 1.53. The summed E-state index contributed by atoms with van der Waals surface area (Å²) in [6, 6.07) is 13.7. The molecule has 0 aliphatic carbocycles. The van der Waals surface area contributed by atoms with E-state index in [1.54, 1.807) is 23.2 Å². The minimum absolute atomic E-state index is 0.149. The van der Waals surface area contributed by atoms with Gasteiger partial charge in [-0.05, 0) is 30.5 Å². The Morgan fingerprint density at radius 1 is 1.12 bits per heavy atom. The third-order valence-corrected chi connectivity index (χ3v) is 3.58. The SMILES string of the molecule is C=CN(Cc1ccc(-c2nnc(C(F)F)o2)cc1F)c1ccccc1. The van der Waals surface area contributed by atoms with Crippen molar-refractivity contribution in [2.24, 2.45) is 0 Å². The number of hydrogen-bond acceptors (Lipinski definition) is 4. The van der Waals surface area contributed by atoms with Crippen LogP contribution < -0.4 is 4.90 Å². The lowest BCUT2D eigenvalue weighted by Crippen LogP contribution is -2.15. The summed E-state index contributed by atoms with van der Waals surface area (Å²) in [5, 5.41) is 6.75. The van der Waals surface area contributed by atoms with Gasteiger partial charge in [-0.1, -0.05) is 30.8 Å². The topological polar surface area (TPSA) is 42.2 Å². The van der Waals surface area contributed by atoms with E-state index in [1.165, 1.54) is 6.07 Å². The maximum Gasteiger partial charge on any atom is 0.314 e. The summed E-state index contributed by atoms with van der Waals surface area (Å²) >= 11 is 0. The first kappa shape index (κ1) is 16.8.